The Morgan fingerprint density at radius 2 is 1.81 bits per heavy atom. The number of rotatable bonds is 9. The lowest BCUT2D eigenvalue weighted by molar-refractivity contribution is -0.113. The van der Waals surface area contributed by atoms with Gasteiger partial charge in [0.15, 0.2) is 17.1 Å². The summed E-state index contributed by atoms with van der Waals surface area (Å²) in [6.07, 6.45) is -0.267. The Hall–Kier alpha value is -3.00. The van der Waals surface area contributed by atoms with E-state index < -0.39 is 0 Å². The van der Waals surface area contributed by atoms with E-state index in [-0.39, 0.29) is 17.8 Å². The van der Waals surface area contributed by atoms with Crippen LogP contribution in [0.4, 0.5) is 5.69 Å². The Bertz CT molecular complexity index is 1030. The van der Waals surface area contributed by atoms with Crippen LogP contribution in [-0.4, -0.2) is 33.5 Å². The third-order valence-electron chi connectivity index (χ3n) is 4.92. The van der Waals surface area contributed by atoms with Gasteiger partial charge in [-0.1, -0.05) is 17.8 Å². The molecule has 1 amide bonds. The average Bonchev–Trinajstić information content (AvgIpc) is 3.18. The van der Waals surface area contributed by atoms with Crippen molar-refractivity contribution in [3.8, 4) is 11.5 Å². The third kappa shape index (κ3) is 5.79. The second kappa shape index (κ2) is 10.3. The molecule has 0 bridgehead atoms. The summed E-state index contributed by atoms with van der Waals surface area (Å²) in [4.78, 5) is 12.3. The van der Waals surface area contributed by atoms with Crippen molar-refractivity contribution in [2.75, 3.05) is 18.2 Å². The highest BCUT2D eigenvalue weighted by atomic mass is 32.2. The maximum absolute atomic E-state index is 12.3. The molecule has 0 fully saturated rings. The number of hydrogen-bond donors (Lipinski definition) is 1. The molecular formula is C23H28N4O3S. The summed E-state index contributed by atoms with van der Waals surface area (Å²) in [6.45, 7) is 8.80. The summed E-state index contributed by atoms with van der Waals surface area (Å²) in [5, 5.41) is 12.2. The van der Waals surface area contributed by atoms with Gasteiger partial charge in [-0.15, -0.1) is 10.2 Å². The number of benzene rings is 2. The van der Waals surface area contributed by atoms with Crippen molar-refractivity contribution < 1.29 is 14.3 Å². The van der Waals surface area contributed by atoms with Gasteiger partial charge in [-0.25, -0.2) is 0 Å². The second-order valence-electron chi connectivity index (χ2n) is 7.16. The molecule has 1 aromatic heterocycles. The van der Waals surface area contributed by atoms with Gasteiger partial charge < -0.3 is 19.4 Å². The summed E-state index contributed by atoms with van der Waals surface area (Å²) in [6, 6.07) is 13.3. The van der Waals surface area contributed by atoms with Crippen LogP contribution in [0.25, 0.3) is 0 Å². The quantitative estimate of drug-likeness (QED) is 0.482. The zero-order valence-corrected chi connectivity index (χ0v) is 19.3. The summed E-state index contributed by atoms with van der Waals surface area (Å²) < 4.78 is 13.2. The molecular weight excluding hydrogens is 412 g/mol. The first-order valence-electron chi connectivity index (χ1n) is 10.1. The van der Waals surface area contributed by atoms with Crippen molar-refractivity contribution in [1.29, 1.82) is 0 Å². The van der Waals surface area contributed by atoms with Gasteiger partial charge in [-0.2, -0.15) is 0 Å². The van der Waals surface area contributed by atoms with Crippen LogP contribution in [0, 0.1) is 13.8 Å². The van der Waals surface area contributed by atoms with E-state index in [1.165, 1.54) is 22.9 Å². The monoisotopic (exact) mass is 440 g/mol. The Balaban J connectivity index is 1.62. The SMILES string of the molecule is CCn1c(SCC(=O)Nc2ccc(OC)cc2)nnc1C(C)Oc1ccc(C)c(C)c1. The van der Waals surface area contributed by atoms with E-state index in [9.17, 15) is 4.79 Å². The Kier molecular flexibility index (Phi) is 7.57. The van der Waals surface area contributed by atoms with E-state index in [0.29, 0.717) is 11.7 Å². The summed E-state index contributed by atoms with van der Waals surface area (Å²) in [5.74, 6) is 2.40. The fraction of sp³-hybridized carbons (Fsp3) is 0.348. The van der Waals surface area contributed by atoms with Gasteiger partial charge in [0.2, 0.25) is 5.91 Å². The van der Waals surface area contributed by atoms with Gasteiger partial charge in [-0.3, -0.25) is 4.79 Å². The molecule has 2 aromatic carbocycles. The largest absolute Gasteiger partial charge is 0.497 e. The summed E-state index contributed by atoms with van der Waals surface area (Å²) in [7, 11) is 1.61. The molecule has 0 aliphatic rings. The molecule has 1 atom stereocenters. The number of aryl methyl sites for hydroxylation is 2. The number of carbonyl (C=O) groups excluding carboxylic acids is 1. The van der Waals surface area contributed by atoms with Gasteiger partial charge in [0.1, 0.15) is 11.5 Å². The number of methoxy groups -OCH3 is 1. The smallest absolute Gasteiger partial charge is 0.234 e. The highest BCUT2D eigenvalue weighted by molar-refractivity contribution is 7.99. The lowest BCUT2D eigenvalue weighted by atomic mass is 10.1. The number of amides is 1. The van der Waals surface area contributed by atoms with E-state index >= 15 is 0 Å². The highest BCUT2D eigenvalue weighted by Gasteiger charge is 2.19. The number of hydrogen-bond acceptors (Lipinski definition) is 6. The fourth-order valence-corrected chi connectivity index (χ4v) is 3.86. The maximum atomic E-state index is 12.3. The van der Waals surface area contributed by atoms with Gasteiger partial charge in [0, 0.05) is 12.2 Å². The van der Waals surface area contributed by atoms with Gasteiger partial charge >= 0.3 is 0 Å². The maximum Gasteiger partial charge on any atom is 0.234 e. The minimum absolute atomic E-state index is 0.109. The van der Waals surface area contributed by atoms with Gasteiger partial charge in [0.05, 0.1) is 12.9 Å². The third-order valence-corrected chi connectivity index (χ3v) is 5.89. The van der Waals surface area contributed by atoms with E-state index in [1.807, 2.05) is 36.6 Å². The van der Waals surface area contributed by atoms with Crippen LogP contribution < -0.4 is 14.8 Å². The second-order valence-corrected chi connectivity index (χ2v) is 8.10. The first-order valence-corrected chi connectivity index (χ1v) is 11.1. The zero-order chi connectivity index (χ0) is 22.4. The fourth-order valence-electron chi connectivity index (χ4n) is 3.05. The molecule has 3 aromatic rings. The van der Waals surface area contributed by atoms with Crippen molar-refractivity contribution in [2.45, 2.75) is 45.5 Å². The van der Waals surface area contributed by atoms with E-state index in [4.69, 9.17) is 9.47 Å². The number of thioether (sulfide) groups is 1. The van der Waals surface area contributed by atoms with Crippen LogP contribution in [0.5, 0.6) is 11.5 Å². The first kappa shape index (κ1) is 22.7. The number of carbonyl (C=O) groups is 1. The molecule has 0 saturated carbocycles. The average molecular weight is 441 g/mol. The molecule has 1 N–H and O–H groups in total. The van der Waals surface area contributed by atoms with Crippen molar-refractivity contribution in [3.63, 3.8) is 0 Å². The Morgan fingerprint density at radius 3 is 2.45 bits per heavy atom. The van der Waals surface area contributed by atoms with Crippen LogP contribution in [0.3, 0.4) is 0 Å². The van der Waals surface area contributed by atoms with Gasteiger partial charge in [-0.05, 0) is 75.2 Å². The molecule has 1 heterocycles. The first-order chi connectivity index (χ1) is 14.9. The molecule has 8 heteroatoms. The Labute approximate surface area is 187 Å². The zero-order valence-electron chi connectivity index (χ0n) is 18.5. The number of anilines is 1. The molecule has 0 aliphatic heterocycles. The molecule has 3 rings (SSSR count). The number of nitrogens with one attached hydrogen (secondary N) is 1. The van der Waals surface area contributed by atoms with Crippen molar-refractivity contribution >= 4 is 23.4 Å². The van der Waals surface area contributed by atoms with Crippen LogP contribution in [-0.2, 0) is 11.3 Å². The molecule has 31 heavy (non-hydrogen) atoms. The van der Waals surface area contributed by atoms with E-state index in [1.54, 1.807) is 31.4 Å². The van der Waals surface area contributed by atoms with E-state index in [2.05, 4.69) is 29.4 Å². The summed E-state index contributed by atoms with van der Waals surface area (Å²) in [5.41, 5.74) is 3.13. The predicted molar refractivity (Wildman–Crippen MR) is 123 cm³/mol. The predicted octanol–water partition coefficient (Wildman–Crippen LogP) is 4.79. The number of ether oxygens (including phenoxy) is 2. The molecule has 0 spiro atoms. The van der Waals surface area contributed by atoms with Crippen LogP contribution in [0.1, 0.15) is 36.9 Å². The van der Waals surface area contributed by atoms with Crippen molar-refractivity contribution in [2.24, 2.45) is 0 Å². The molecule has 1 unspecified atom stereocenters. The van der Waals surface area contributed by atoms with Crippen LogP contribution in [0.2, 0.25) is 0 Å². The molecule has 0 aliphatic carbocycles. The van der Waals surface area contributed by atoms with E-state index in [0.717, 1.165) is 23.0 Å². The summed E-state index contributed by atoms with van der Waals surface area (Å²) >= 11 is 1.35. The topological polar surface area (TPSA) is 78.3 Å². The normalized spacial score (nSPS) is 11.8. The lowest BCUT2D eigenvalue weighted by Gasteiger charge is -2.16. The molecule has 164 valence electrons. The van der Waals surface area contributed by atoms with Crippen molar-refractivity contribution in [1.82, 2.24) is 14.8 Å². The molecule has 0 saturated heterocycles. The number of aromatic nitrogens is 3. The molecule has 0 radical (unpaired) electrons. The minimum atomic E-state index is -0.267. The van der Waals surface area contributed by atoms with Gasteiger partial charge in [0.25, 0.3) is 0 Å². The minimum Gasteiger partial charge on any atom is -0.497 e. The Morgan fingerprint density at radius 1 is 1.10 bits per heavy atom. The molecule has 7 nitrogen and oxygen atoms in total. The van der Waals surface area contributed by atoms with Crippen molar-refractivity contribution in [3.05, 3.63) is 59.4 Å². The van der Waals surface area contributed by atoms with Crippen LogP contribution in [0.15, 0.2) is 47.6 Å². The standard InChI is InChI=1S/C23H28N4O3S/c1-6-27-22(17(4)30-20-10-7-15(2)16(3)13-20)25-26-23(27)31-14-21(28)24-18-8-11-19(29-5)12-9-18/h7-13,17H,6,14H2,1-5H3,(H,24,28). The lowest BCUT2D eigenvalue weighted by Crippen LogP contribution is -2.15. The van der Waals surface area contributed by atoms with Crippen LogP contribution >= 0.6 is 11.8 Å². The highest BCUT2D eigenvalue weighted by Crippen LogP contribution is 2.26. The number of nitrogens with zero attached hydrogens (tertiary/aromatic N) is 3.